The van der Waals surface area contributed by atoms with Gasteiger partial charge in [0, 0.05) is 36.3 Å². The molecule has 1 aromatic heterocycles. The normalized spacial score (nSPS) is 17.6. The van der Waals surface area contributed by atoms with Crippen LogP contribution in [0.2, 0.25) is 5.02 Å². The van der Waals surface area contributed by atoms with Crippen LogP contribution in [-0.4, -0.2) is 37.1 Å². The fourth-order valence-corrected chi connectivity index (χ4v) is 3.09. The smallest absolute Gasteiger partial charge is 0.341 e. The molecule has 3 rings (SSSR count). The Morgan fingerprint density at radius 2 is 2.08 bits per heavy atom. The highest BCUT2D eigenvalue weighted by atomic mass is 35.5. The molecule has 0 atom stereocenters. The van der Waals surface area contributed by atoms with Gasteiger partial charge in [-0.3, -0.25) is 0 Å². The number of hydrogen-bond donors (Lipinski definition) is 0. The predicted octanol–water partition coefficient (Wildman–Crippen LogP) is 4.30. The summed E-state index contributed by atoms with van der Waals surface area (Å²) in [5.41, 5.74) is 0.913. The van der Waals surface area contributed by atoms with Crippen LogP contribution in [0.5, 0.6) is 0 Å². The summed E-state index contributed by atoms with van der Waals surface area (Å²) < 4.78 is 32.1. The molecule has 0 saturated carbocycles. The molecule has 0 aliphatic carbocycles. The van der Waals surface area contributed by atoms with Gasteiger partial charge in [0.1, 0.15) is 11.4 Å². The molecule has 1 fully saturated rings. The van der Waals surface area contributed by atoms with Gasteiger partial charge in [0.25, 0.3) is 0 Å². The molecule has 1 aromatic carbocycles. The van der Waals surface area contributed by atoms with Gasteiger partial charge in [0.05, 0.1) is 12.6 Å². The summed E-state index contributed by atoms with van der Waals surface area (Å²) in [6.07, 6.45) is -0.0673. The molecular formula is C17H17ClF2N2O2. The van der Waals surface area contributed by atoms with E-state index in [1.807, 2.05) is 0 Å². The van der Waals surface area contributed by atoms with E-state index in [0.29, 0.717) is 34.7 Å². The van der Waals surface area contributed by atoms with E-state index in [2.05, 4.69) is 4.98 Å². The molecule has 1 aliphatic rings. The number of ether oxygens (including phenoxy) is 1. The van der Waals surface area contributed by atoms with E-state index in [0.717, 1.165) is 0 Å². The van der Waals surface area contributed by atoms with E-state index in [1.165, 1.54) is 7.11 Å². The van der Waals surface area contributed by atoms with Crippen molar-refractivity contribution >= 4 is 34.3 Å². The minimum atomic E-state index is -2.68. The highest BCUT2D eigenvalue weighted by Crippen LogP contribution is 2.32. The van der Waals surface area contributed by atoms with Crippen LogP contribution >= 0.6 is 11.6 Å². The molecule has 0 spiro atoms. The van der Waals surface area contributed by atoms with Crippen molar-refractivity contribution in [1.29, 1.82) is 0 Å². The lowest BCUT2D eigenvalue weighted by Gasteiger charge is -2.24. The van der Waals surface area contributed by atoms with E-state index in [4.69, 9.17) is 16.3 Å². The zero-order valence-electron chi connectivity index (χ0n) is 13.2. The summed E-state index contributed by atoms with van der Waals surface area (Å²) in [7, 11) is 1.28. The maximum absolute atomic E-state index is 13.6. The number of nitrogens with zero attached hydrogens (tertiary/aromatic N) is 2. The molecule has 24 heavy (non-hydrogen) atoms. The molecule has 128 valence electrons. The largest absolute Gasteiger partial charge is 0.465 e. The maximum atomic E-state index is 13.6. The van der Waals surface area contributed by atoms with Crippen LogP contribution in [0.15, 0.2) is 24.3 Å². The second-order valence-corrected chi connectivity index (χ2v) is 6.32. The zero-order chi connectivity index (χ0) is 17.3. The van der Waals surface area contributed by atoms with Crippen molar-refractivity contribution in [2.45, 2.75) is 25.2 Å². The Labute approximate surface area is 143 Å². The van der Waals surface area contributed by atoms with Crippen LogP contribution in [-0.2, 0) is 4.74 Å². The van der Waals surface area contributed by atoms with Crippen molar-refractivity contribution in [3.8, 4) is 0 Å². The monoisotopic (exact) mass is 354 g/mol. The van der Waals surface area contributed by atoms with E-state index in [1.54, 1.807) is 29.2 Å². The van der Waals surface area contributed by atoms with Crippen molar-refractivity contribution in [2.75, 3.05) is 25.1 Å². The summed E-state index contributed by atoms with van der Waals surface area (Å²) in [4.78, 5) is 18.4. The molecule has 2 aromatic rings. The number of benzene rings is 1. The Balaban J connectivity index is 2.07. The average Bonchev–Trinajstić information content (AvgIpc) is 2.73. The van der Waals surface area contributed by atoms with Crippen molar-refractivity contribution in [3.05, 3.63) is 34.9 Å². The first-order valence-electron chi connectivity index (χ1n) is 7.71. The molecule has 0 amide bonds. The molecule has 1 saturated heterocycles. The highest BCUT2D eigenvalue weighted by molar-refractivity contribution is 6.31. The Morgan fingerprint density at radius 1 is 1.29 bits per heavy atom. The molecule has 0 N–H and O–H groups in total. The topological polar surface area (TPSA) is 42.4 Å². The third kappa shape index (κ3) is 3.43. The minimum Gasteiger partial charge on any atom is -0.465 e. The number of hydrogen-bond acceptors (Lipinski definition) is 4. The van der Waals surface area contributed by atoms with Crippen LogP contribution in [0, 0.1) is 0 Å². The Kier molecular flexibility index (Phi) is 4.58. The number of aromatic nitrogens is 1. The molecular weight excluding hydrogens is 338 g/mol. The van der Waals surface area contributed by atoms with E-state index in [9.17, 15) is 13.6 Å². The lowest BCUT2D eigenvalue weighted by atomic mass is 10.1. The van der Waals surface area contributed by atoms with Gasteiger partial charge in [-0.15, -0.1) is 0 Å². The minimum absolute atomic E-state index is 0.142. The van der Waals surface area contributed by atoms with Gasteiger partial charge in [0.2, 0.25) is 5.92 Å². The number of methoxy groups -OCH3 is 1. The molecule has 4 nitrogen and oxygen atoms in total. The van der Waals surface area contributed by atoms with Crippen LogP contribution in [0.1, 0.15) is 29.6 Å². The summed E-state index contributed by atoms with van der Waals surface area (Å²) >= 11 is 5.99. The van der Waals surface area contributed by atoms with Crippen LogP contribution < -0.4 is 4.90 Å². The second kappa shape index (κ2) is 6.51. The molecule has 0 radical (unpaired) electrons. The number of anilines is 1. The summed E-state index contributed by atoms with van der Waals surface area (Å²) in [6.45, 7) is 0.564. The van der Waals surface area contributed by atoms with Crippen molar-refractivity contribution in [2.24, 2.45) is 0 Å². The number of alkyl halides is 2. The van der Waals surface area contributed by atoms with Gasteiger partial charge >= 0.3 is 5.97 Å². The van der Waals surface area contributed by atoms with Gasteiger partial charge in [-0.1, -0.05) is 11.6 Å². The van der Waals surface area contributed by atoms with Crippen LogP contribution in [0.3, 0.4) is 0 Å². The average molecular weight is 355 g/mol. The van der Waals surface area contributed by atoms with Crippen molar-refractivity contribution in [1.82, 2.24) is 4.98 Å². The number of rotatable bonds is 2. The van der Waals surface area contributed by atoms with Gasteiger partial charge in [-0.2, -0.15) is 0 Å². The number of esters is 1. The number of fused-ring (bicyclic) bond motifs is 1. The second-order valence-electron chi connectivity index (χ2n) is 5.88. The maximum Gasteiger partial charge on any atom is 0.341 e. The van der Waals surface area contributed by atoms with Gasteiger partial charge in [-0.05, 0) is 30.7 Å². The Bertz CT molecular complexity index is 783. The van der Waals surface area contributed by atoms with E-state index in [-0.39, 0.29) is 24.9 Å². The molecule has 1 aliphatic heterocycles. The molecule has 7 heteroatoms. The fourth-order valence-electron chi connectivity index (χ4n) is 2.91. The lowest BCUT2D eigenvalue weighted by molar-refractivity contribution is -0.0102. The zero-order valence-corrected chi connectivity index (χ0v) is 13.9. The fraction of sp³-hybridized carbons (Fsp3) is 0.412. The number of carbonyl (C=O) groups is 1. The van der Waals surface area contributed by atoms with Gasteiger partial charge in [-0.25, -0.2) is 18.6 Å². The quantitative estimate of drug-likeness (QED) is 0.754. The lowest BCUT2D eigenvalue weighted by Crippen LogP contribution is -2.28. The Hall–Kier alpha value is -1.95. The van der Waals surface area contributed by atoms with Crippen molar-refractivity contribution in [3.63, 3.8) is 0 Å². The van der Waals surface area contributed by atoms with Gasteiger partial charge in [0.15, 0.2) is 0 Å². The summed E-state index contributed by atoms with van der Waals surface area (Å²) in [5.74, 6) is -2.84. The standard InChI is InChI=1S/C17H17ClF2N2O2/c1-24-16(23)13-10-11-9-12(18)3-4-14(11)21-15(13)22-7-2-5-17(19,20)6-8-22/h3-4,9-10H,2,5-8H2,1H3. The van der Waals surface area contributed by atoms with E-state index < -0.39 is 11.9 Å². The van der Waals surface area contributed by atoms with E-state index >= 15 is 0 Å². The molecule has 0 unspecified atom stereocenters. The van der Waals surface area contributed by atoms with Gasteiger partial charge < -0.3 is 9.64 Å². The first-order valence-corrected chi connectivity index (χ1v) is 8.09. The van der Waals surface area contributed by atoms with Crippen LogP contribution in [0.25, 0.3) is 10.9 Å². The first-order chi connectivity index (χ1) is 11.4. The Morgan fingerprint density at radius 3 is 2.83 bits per heavy atom. The predicted molar refractivity (Wildman–Crippen MR) is 89.1 cm³/mol. The first kappa shape index (κ1) is 16.9. The number of halogens is 3. The SMILES string of the molecule is COC(=O)c1cc2cc(Cl)ccc2nc1N1CCCC(F)(F)CC1. The molecule has 2 heterocycles. The summed E-state index contributed by atoms with van der Waals surface area (Å²) in [5, 5.41) is 1.23. The molecule has 0 bridgehead atoms. The third-order valence-electron chi connectivity index (χ3n) is 4.18. The number of pyridine rings is 1. The number of carbonyl (C=O) groups excluding carboxylic acids is 1. The summed E-state index contributed by atoms with van der Waals surface area (Å²) in [6, 6.07) is 6.80. The van der Waals surface area contributed by atoms with Crippen molar-refractivity contribution < 1.29 is 18.3 Å². The third-order valence-corrected chi connectivity index (χ3v) is 4.41. The van der Waals surface area contributed by atoms with Crippen LogP contribution in [0.4, 0.5) is 14.6 Å². The highest BCUT2D eigenvalue weighted by Gasteiger charge is 2.33.